The van der Waals surface area contributed by atoms with Crippen LogP contribution in [0, 0.1) is 6.92 Å². The average molecular weight is 387 g/mol. The maximum Gasteiger partial charge on any atom is 0.188 e. The maximum atomic E-state index is 5.46. The van der Waals surface area contributed by atoms with E-state index in [9.17, 15) is 0 Å². The van der Waals surface area contributed by atoms with Crippen molar-refractivity contribution in [3.8, 4) is 0 Å². The van der Waals surface area contributed by atoms with Crippen LogP contribution in [0.5, 0.6) is 0 Å². The lowest BCUT2D eigenvalue weighted by atomic mass is 10.1. The molecule has 0 aromatic carbocycles. The standard InChI is InChI=1S/C19H26N6OS/c1-14-11-21-19(27-14)24-18-10-15(13-25-5-7-26-8-6-25)9-17(23-18)22-16-3-2-4-20-12-16/h9-11,20H,2-8,12-13H2,1H3,(H,21,23,24)/b22-16+. The van der Waals surface area contributed by atoms with E-state index in [4.69, 9.17) is 14.7 Å². The first-order valence-corrected chi connectivity index (χ1v) is 10.3. The molecule has 2 saturated heterocycles. The molecule has 0 radical (unpaired) electrons. The van der Waals surface area contributed by atoms with E-state index in [-0.39, 0.29) is 0 Å². The lowest BCUT2D eigenvalue weighted by Gasteiger charge is -2.26. The molecule has 2 aromatic heterocycles. The van der Waals surface area contributed by atoms with Crippen molar-refractivity contribution in [3.05, 3.63) is 28.8 Å². The Labute approximate surface area is 163 Å². The zero-order chi connectivity index (χ0) is 18.5. The quantitative estimate of drug-likeness (QED) is 0.823. The van der Waals surface area contributed by atoms with E-state index in [1.54, 1.807) is 11.3 Å². The Kier molecular flexibility index (Phi) is 6.08. The molecule has 4 rings (SSSR count). The number of morpholine rings is 1. The highest BCUT2D eigenvalue weighted by atomic mass is 32.1. The molecule has 0 unspecified atom stereocenters. The van der Waals surface area contributed by atoms with Crippen molar-refractivity contribution in [2.45, 2.75) is 26.3 Å². The van der Waals surface area contributed by atoms with E-state index in [1.807, 2.05) is 6.20 Å². The van der Waals surface area contributed by atoms with Crippen LogP contribution in [0.25, 0.3) is 0 Å². The number of pyridine rings is 1. The zero-order valence-corrected chi connectivity index (χ0v) is 16.5. The second-order valence-electron chi connectivity index (χ2n) is 6.97. The summed E-state index contributed by atoms with van der Waals surface area (Å²) in [4.78, 5) is 17.5. The molecule has 0 spiro atoms. The van der Waals surface area contributed by atoms with Gasteiger partial charge < -0.3 is 15.4 Å². The topological polar surface area (TPSA) is 74.7 Å². The highest BCUT2D eigenvalue weighted by molar-refractivity contribution is 7.15. The Hall–Kier alpha value is -1.87. The molecule has 4 heterocycles. The maximum absolute atomic E-state index is 5.46. The van der Waals surface area contributed by atoms with Gasteiger partial charge in [-0.05, 0) is 44.0 Å². The van der Waals surface area contributed by atoms with Gasteiger partial charge in [-0.1, -0.05) is 0 Å². The van der Waals surface area contributed by atoms with Crippen LogP contribution in [-0.4, -0.2) is 60.0 Å². The van der Waals surface area contributed by atoms with Gasteiger partial charge in [-0.2, -0.15) is 0 Å². The SMILES string of the molecule is Cc1cnc(Nc2cc(CN3CCOCC3)cc(/N=C3\CCCNC3)n2)s1. The Bertz CT molecular complexity index is 791. The summed E-state index contributed by atoms with van der Waals surface area (Å²) in [6.45, 7) is 8.38. The minimum atomic E-state index is 0.773. The van der Waals surface area contributed by atoms with Crippen molar-refractivity contribution in [2.75, 3.05) is 44.7 Å². The van der Waals surface area contributed by atoms with Gasteiger partial charge in [0.1, 0.15) is 5.82 Å². The van der Waals surface area contributed by atoms with Crippen molar-refractivity contribution < 1.29 is 4.74 Å². The number of anilines is 2. The third-order valence-electron chi connectivity index (χ3n) is 4.66. The summed E-state index contributed by atoms with van der Waals surface area (Å²) in [5, 5.41) is 7.60. The van der Waals surface area contributed by atoms with Crippen molar-refractivity contribution in [3.63, 3.8) is 0 Å². The first-order valence-electron chi connectivity index (χ1n) is 9.52. The van der Waals surface area contributed by atoms with E-state index in [1.165, 1.54) is 16.2 Å². The fourth-order valence-electron chi connectivity index (χ4n) is 3.32. The molecule has 0 amide bonds. The van der Waals surface area contributed by atoms with E-state index >= 15 is 0 Å². The highest BCUT2D eigenvalue weighted by Gasteiger charge is 2.13. The van der Waals surface area contributed by atoms with Crippen molar-refractivity contribution in [2.24, 2.45) is 4.99 Å². The molecule has 27 heavy (non-hydrogen) atoms. The Morgan fingerprint density at radius 2 is 2.22 bits per heavy atom. The summed E-state index contributed by atoms with van der Waals surface area (Å²) in [5.74, 6) is 1.58. The molecular formula is C19H26N6OS. The predicted molar refractivity (Wildman–Crippen MR) is 110 cm³/mol. The second kappa shape index (κ2) is 8.88. The normalized spacial score (nSPS) is 20.1. The monoisotopic (exact) mass is 386 g/mol. The van der Waals surface area contributed by atoms with Crippen LogP contribution >= 0.6 is 11.3 Å². The molecule has 2 N–H and O–H groups in total. The number of nitrogens with zero attached hydrogens (tertiary/aromatic N) is 4. The summed E-state index contributed by atoms with van der Waals surface area (Å²) in [6, 6.07) is 4.21. The molecule has 144 valence electrons. The number of nitrogens with one attached hydrogen (secondary N) is 2. The van der Waals surface area contributed by atoms with E-state index < -0.39 is 0 Å². The zero-order valence-electron chi connectivity index (χ0n) is 15.7. The van der Waals surface area contributed by atoms with Crippen LogP contribution in [0.3, 0.4) is 0 Å². The molecule has 0 saturated carbocycles. The number of hydrogen-bond acceptors (Lipinski definition) is 8. The van der Waals surface area contributed by atoms with Crippen molar-refractivity contribution in [1.29, 1.82) is 0 Å². The van der Waals surface area contributed by atoms with Gasteiger partial charge in [0.2, 0.25) is 0 Å². The fourth-order valence-corrected chi connectivity index (χ4v) is 3.99. The number of rotatable bonds is 5. The number of ether oxygens (including phenoxy) is 1. The highest BCUT2D eigenvalue weighted by Crippen LogP contribution is 2.25. The van der Waals surface area contributed by atoms with Crippen LogP contribution < -0.4 is 10.6 Å². The Balaban J connectivity index is 1.58. The molecular weight excluding hydrogens is 360 g/mol. The molecule has 2 aromatic rings. The van der Waals surface area contributed by atoms with Gasteiger partial charge >= 0.3 is 0 Å². The van der Waals surface area contributed by atoms with Crippen LogP contribution in [0.4, 0.5) is 16.8 Å². The van der Waals surface area contributed by atoms with Crippen molar-refractivity contribution in [1.82, 2.24) is 20.2 Å². The van der Waals surface area contributed by atoms with Crippen LogP contribution in [0.15, 0.2) is 23.3 Å². The summed E-state index contributed by atoms with van der Waals surface area (Å²) < 4.78 is 5.46. The number of hydrogen-bond donors (Lipinski definition) is 2. The van der Waals surface area contributed by atoms with Gasteiger partial charge in [0.25, 0.3) is 0 Å². The number of aromatic nitrogens is 2. The summed E-state index contributed by atoms with van der Waals surface area (Å²) in [7, 11) is 0. The van der Waals surface area contributed by atoms with Crippen molar-refractivity contribution >= 4 is 33.8 Å². The first kappa shape index (κ1) is 18.5. The lowest BCUT2D eigenvalue weighted by Crippen LogP contribution is -2.35. The smallest absolute Gasteiger partial charge is 0.188 e. The summed E-state index contributed by atoms with van der Waals surface area (Å²) >= 11 is 1.63. The molecule has 2 fully saturated rings. The Morgan fingerprint density at radius 3 is 2.96 bits per heavy atom. The van der Waals surface area contributed by atoms with Gasteiger partial charge in [0.15, 0.2) is 10.9 Å². The molecule has 0 bridgehead atoms. The molecule has 2 aliphatic heterocycles. The predicted octanol–water partition coefficient (Wildman–Crippen LogP) is 2.88. The van der Waals surface area contributed by atoms with Crippen LogP contribution in [-0.2, 0) is 11.3 Å². The molecule has 7 nitrogen and oxygen atoms in total. The number of thiazole rings is 1. The fraction of sp³-hybridized carbons (Fsp3) is 0.526. The molecule has 0 aliphatic carbocycles. The number of piperidine rings is 1. The minimum absolute atomic E-state index is 0.773. The third kappa shape index (κ3) is 5.32. The summed E-state index contributed by atoms with van der Waals surface area (Å²) in [5.41, 5.74) is 2.39. The molecule has 8 heteroatoms. The first-order chi connectivity index (χ1) is 13.2. The largest absolute Gasteiger partial charge is 0.379 e. The van der Waals surface area contributed by atoms with Gasteiger partial charge in [-0.15, -0.1) is 11.3 Å². The van der Waals surface area contributed by atoms with Gasteiger partial charge in [-0.25, -0.2) is 15.0 Å². The van der Waals surface area contributed by atoms with Gasteiger partial charge in [0, 0.05) is 43.0 Å². The van der Waals surface area contributed by atoms with E-state index in [0.29, 0.717) is 0 Å². The number of aryl methyl sites for hydroxylation is 1. The van der Waals surface area contributed by atoms with Crippen LogP contribution in [0.1, 0.15) is 23.3 Å². The van der Waals surface area contributed by atoms with Crippen LogP contribution in [0.2, 0.25) is 0 Å². The van der Waals surface area contributed by atoms with E-state index in [2.05, 4.69) is 39.6 Å². The minimum Gasteiger partial charge on any atom is -0.379 e. The third-order valence-corrected chi connectivity index (χ3v) is 5.49. The average Bonchev–Trinajstić information content (AvgIpc) is 3.08. The number of aliphatic imine (C=N–C) groups is 1. The van der Waals surface area contributed by atoms with Gasteiger partial charge in [-0.3, -0.25) is 4.90 Å². The molecule has 0 atom stereocenters. The van der Waals surface area contributed by atoms with E-state index in [0.717, 1.165) is 75.5 Å². The molecule has 2 aliphatic rings. The summed E-state index contributed by atoms with van der Waals surface area (Å²) in [6.07, 6.45) is 4.05. The second-order valence-corrected chi connectivity index (χ2v) is 8.20. The van der Waals surface area contributed by atoms with Gasteiger partial charge in [0.05, 0.1) is 13.2 Å². The lowest BCUT2D eigenvalue weighted by molar-refractivity contribution is 0.0342. The Morgan fingerprint density at radius 1 is 1.33 bits per heavy atom.